The standard InChI is InChI=1S/C11H11FN2O5S/c12-8-6-9(13-1-3-20(19)4-2-13)10(14(17)18)5-7(8)11(15)16/h5-6H,1-4H2,(H,15,16). The van der Waals surface area contributed by atoms with Crippen LogP contribution in [0.3, 0.4) is 0 Å². The second-order valence-corrected chi connectivity index (χ2v) is 5.91. The Morgan fingerprint density at radius 3 is 2.50 bits per heavy atom. The van der Waals surface area contributed by atoms with Crippen molar-refractivity contribution >= 4 is 28.1 Å². The van der Waals surface area contributed by atoms with E-state index in [0.717, 1.165) is 12.1 Å². The fourth-order valence-corrected chi connectivity index (χ4v) is 3.05. The Balaban J connectivity index is 2.46. The van der Waals surface area contributed by atoms with Gasteiger partial charge in [-0.05, 0) is 0 Å². The van der Waals surface area contributed by atoms with Crippen LogP contribution in [-0.4, -0.2) is 44.8 Å². The quantitative estimate of drug-likeness (QED) is 0.660. The van der Waals surface area contributed by atoms with E-state index in [1.807, 2.05) is 0 Å². The molecule has 2 rings (SSSR count). The summed E-state index contributed by atoms with van der Waals surface area (Å²) in [5.74, 6) is -1.89. The second-order valence-electron chi connectivity index (χ2n) is 4.22. The van der Waals surface area contributed by atoms with E-state index in [-0.39, 0.29) is 5.69 Å². The Morgan fingerprint density at radius 1 is 1.40 bits per heavy atom. The summed E-state index contributed by atoms with van der Waals surface area (Å²) >= 11 is 0. The first-order valence-corrected chi connectivity index (χ1v) is 7.20. The van der Waals surface area contributed by atoms with Crippen LogP contribution in [0.25, 0.3) is 0 Å². The molecular formula is C11H11FN2O5S. The molecule has 1 heterocycles. The van der Waals surface area contributed by atoms with Crippen molar-refractivity contribution in [2.24, 2.45) is 0 Å². The van der Waals surface area contributed by atoms with Crippen molar-refractivity contribution < 1.29 is 23.4 Å². The number of nitrogens with zero attached hydrogens (tertiary/aromatic N) is 2. The van der Waals surface area contributed by atoms with Gasteiger partial charge in [0.05, 0.1) is 4.92 Å². The van der Waals surface area contributed by atoms with Crippen LogP contribution in [0.2, 0.25) is 0 Å². The van der Waals surface area contributed by atoms with Gasteiger partial charge in [-0.15, -0.1) is 0 Å². The van der Waals surface area contributed by atoms with Crippen LogP contribution < -0.4 is 4.90 Å². The Kier molecular flexibility index (Phi) is 3.98. The Bertz CT molecular complexity index is 597. The van der Waals surface area contributed by atoms with Crippen LogP contribution >= 0.6 is 0 Å². The predicted octanol–water partition coefficient (Wildman–Crippen LogP) is 1.00. The van der Waals surface area contributed by atoms with Crippen LogP contribution in [0, 0.1) is 15.9 Å². The predicted molar refractivity (Wildman–Crippen MR) is 70.1 cm³/mol. The summed E-state index contributed by atoms with van der Waals surface area (Å²) in [5, 5.41) is 19.8. The highest BCUT2D eigenvalue weighted by molar-refractivity contribution is 7.85. The van der Waals surface area contributed by atoms with Gasteiger partial charge in [-0.3, -0.25) is 14.3 Å². The molecule has 1 saturated heterocycles. The molecule has 1 aliphatic heterocycles. The number of hydrogen-bond acceptors (Lipinski definition) is 5. The van der Waals surface area contributed by atoms with Crippen LogP contribution in [0.4, 0.5) is 15.8 Å². The summed E-state index contributed by atoms with van der Waals surface area (Å²) < 4.78 is 25.0. The van der Waals surface area contributed by atoms with Gasteiger partial charge < -0.3 is 10.0 Å². The normalized spacial score (nSPS) is 16.1. The Morgan fingerprint density at radius 2 is 2.00 bits per heavy atom. The van der Waals surface area contributed by atoms with Crippen molar-refractivity contribution in [2.45, 2.75) is 0 Å². The average molecular weight is 302 g/mol. The summed E-state index contributed by atoms with van der Waals surface area (Å²) in [6.07, 6.45) is 0. The molecule has 108 valence electrons. The highest BCUT2D eigenvalue weighted by atomic mass is 32.2. The summed E-state index contributed by atoms with van der Waals surface area (Å²) in [5.41, 5.74) is -1.17. The summed E-state index contributed by atoms with van der Waals surface area (Å²) in [7, 11) is -0.968. The number of nitro groups is 1. The van der Waals surface area contributed by atoms with Crippen molar-refractivity contribution in [2.75, 3.05) is 29.5 Å². The van der Waals surface area contributed by atoms with Crippen molar-refractivity contribution in [1.82, 2.24) is 0 Å². The number of halogens is 1. The average Bonchev–Trinajstić information content (AvgIpc) is 2.38. The van der Waals surface area contributed by atoms with Gasteiger partial charge in [0.15, 0.2) is 0 Å². The van der Waals surface area contributed by atoms with Gasteiger partial charge in [0, 0.05) is 47.5 Å². The van der Waals surface area contributed by atoms with Gasteiger partial charge in [0.25, 0.3) is 5.69 Å². The largest absolute Gasteiger partial charge is 0.478 e. The molecule has 0 radical (unpaired) electrons. The van der Waals surface area contributed by atoms with E-state index in [1.165, 1.54) is 0 Å². The van der Waals surface area contributed by atoms with Crippen molar-refractivity contribution in [1.29, 1.82) is 0 Å². The maximum Gasteiger partial charge on any atom is 0.338 e. The molecule has 9 heteroatoms. The third kappa shape index (κ3) is 2.77. The zero-order chi connectivity index (χ0) is 14.9. The monoisotopic (exact) mass is 302 g/mol. The lowest BCUT2D eigenvalue weighted by atomic mass is 10.1. The third-order valence-electron chi connectivity index (χ3n) is 3.01. The van der Waals surface area contributed by atoms with Gasteiger partial charge in [0.2, 0.25) is 0 Å². The van der Waals surface area contributed by atoms with E-state index in [4.69, 9.17) is 5.11 Å². The van der Waals surface area contributed by atoms with E-state index in [2.05, 4.69) is 0 Å². The summed E-state index contributed by atoms with van der Waals surface area (Å²) in [4.78, 5) is 22.6. The fraction of sp³-hybridized carbons (Fsp3) is 0.364. The van der Waals surface area contributed by atoms with E-state index < -0.39 is 38.8 Å². The highest BCUT2D eigenvalue weighted by Gasteiger charge is 2.27. The lowest BCUT2D eigenvalue weighted by molar-refractivity contribution is -0.384. The third-order valence-corrected chi connectivity index (χ3v) is 4.29. The number of rotatable bonds is 3. The number of anilines is 1. The molecule has 1 N–H and O–H groups in total. The minimum Gasteiger partial charge on any atom is -0.478 e. The smallest absolute Gasteiger partial charge is 0.338 e. The molecule has 0 atom stereocenters. The zero-order valence-electron chi connectivity index (χ0n) is 10.2. The lowest BCUT2D eigenvalue weighted by Gasteiger charge is -2.28. The number of carbonyl (C=O) groups is 1. The van der Waals surface area contributed by atoms with Gasteiger partial charge in [-0.25, -0.2) is 9.18 Å². The molecule has 1 aliphatic rings. The zero-order valence-corrected chi connectivity index (χ0v) is 11.1. The SMILES string of the molecule is O=C(O)c1cc([N+](=O)[O-])c(N2CCS(=O)CC2)cc1F. The van der Waals surface area contributed by atoms with Crippen LogP contribution in [0.1, 0.15) is 10.4 Å². The number of aromatic carboxylic acids is 1. The molecule has 1 aromatic rings. The van der Waals surface area contributed by atoms with Crippen molar-refractivity contribution in [3.05, 3.63) is 33.6 Å². The summed E-state index contributed by atoms with van der Waals surface area (Å²) in [6, 6.07) is 1.58. The number of carboxylic acid groups (broad SMARTS) is 1. The minimum atomic E-state index is -1.56. The lowest BCUT2D eigenvalue weighted by Crippen LogP contribution is -2.38. The van der Waals surface area contributed by atoms with Gasteiger partial charge in [-0.1, -0.05) is 0 Å². The van der Waals surface area contributed by atoms with Gasteiger partial charge in [-0.2, -0.15) is 0 Å². The molecule has 0 amide bonds. The topological polar surface area (TPSA) is 101 Å². The first-order valence-electron chi connectivity index (χ1n) is 5.71. The number of nitro benzene ring substituents is 1. The second kappa shape index (κ2) is 5.53. The molecule has 1 aromatic carbocycles. The highest BCUT2D eigenvalue weighted by Crippen LogP contribution is 2.31. The fourth-order valence-electron chi connectivity index (χ4n) is 1.99. The maximum atomic E-state index is 13.7. The maximum absolute atomic E-state index is 13.7. The molecule has 0 saturated carbocycles. The van der Waals surface area contributed by atoms with E-state index >= 15 is 0 Å². The van der Waals surface area contributed by atoms with E-state index in [9.17, 15) is 23.5 Å². The molecule has 0 spiro atoms. The van der Waals surface area contributed by atoms with E-state index in [1.54, 1.807) is 4.90 Å². The van der Waals surface area contributed by atoms with Crippen LogP contribution in [0.5, 0.6) is 0 Å². The number of hydrogen-bond donors (Lipinski definition) is 1. The molecule has 0 aromatic heterocycles. The minimum absolute atomic E-state index is 0.0224. The molecule has 20 heavy (non-hydrogen) atoms. The van der Waals surface area contributed by atoms with Gasteiger partial charge >= 0.3 is 5.97 Å². The molecule has 7 nitrogen and oxygen atoms in total. The molecule has 1 fully saturated rings. The van der Waals surface area contributed by atoms with Gasteiger partial charge in [0.1, 0.15) is 17.1 Å². The molecular weight excluding hydrogens is 291 g/mol. The van der Waals surface area contributed by atoms with Crippen molar-refractivity contribution in [3.63, 3.8) is 0 Å². The number of carboxylic acids is 1. The first-order chi connectivity index (χ1) is 9.40. The van der Waals surface area contributed by atoms with Crippen molar-refractivity contribution in [3.8, 4) is 0 Å². The van der Waals surface area contributed by atoms with Crippen LogP contribution in [-0.2, 0) is 10.8 Å². The summed E-state index contributed by atoms with van der Waals surface area (Å²) in [6.45, 7) is 0.610. The molecule has 0 aliphatic carbocycles. The molecule has 0 bridgehead atoms. The Labute approximate surface area is 115 Å². The first kappa shape index (κ1) is 14.4. The molecule has 0 unspecified atom stereocenters. The van der Waals surface area contributed by atoms with Crippen LogP contribution in [0.15, 0.2) is 12.1 Å². The number of benzene rings is 1. The Hall–Kier alpha value is -2.03. The van der Waals surface area contributed by atoms with E-state index in [0.29, 0.717) is 24.6 Å².